The van der Waals surface area contributed by atoms with Gasteiger partial charge in [0.1, 0.15) is 0 Å². The number of halogens is 2. The summed E-state index contributed by atoms with van der Waals surface area (Å²) in [5.74, 6) is -2.80. The maximum Gasteiger partial charge on any atom is 0.243 e. The third-order valence-corrected chi connectivity index (χ3v) is 7.30. The lowest BCUT2D eigenvalue weighted by molar-refractivity contribution is -0.120. The summed E-state index contributed by atoms with van der Waals surface area (Å²) in [5, 5.41) is 4.91. The summed E-state index contributed by atoms with van der Waals surface area (Å²) >= 11 is 0. The van der Waals surface area contributed by atoms with Crippen molar-refractivity contribution in [1.82, 2.24) is 4.31 Å². The quantitative estimate of drug-likeness (QED) is 0.676. The molecule has 0 saturated carbocycles. The molecule has 5 nitrogen and oxygen atoms in total. The van der Waals surface area contributed by atoms with Gasteiger partial charge in [0, 0.05) is 30.1 Å². The highest BCUT2D eigenvalue weighted by atomic mass is 32.2. The van der Waals surface area contributed by atoms with Gasteiger partial charge in [-0.15, -0.1) is 0 Å². The van der Waals surface area contributed by atoms with Crippen molar-refractivity contribution < 1.29 is 22.0 Å². The van der Waals surface area contributed by atoms with E-state index in [1.54, 1.807) is 0 Å². The van der Waals surface area contributed by atoms with Crippen molar-refractivity contribution in [3.8, 4) is 0 Å². The first-order chi connectivity index (χ1) is 14.4. The third-order valence-electron chi connectivity index (χ3n) is 5.40. The molecular formula is C22H20F2N2O3S. The minimum Gasteiger partial charge on any atom is -0.325 e. The van der Waals surface area contributed by atoms with Crippen LogP contribution in [0.1, 0.15) is 12.8 Å². The van der Waals surface area contributed by atoms with Gasteiger partial charge in [0.2, 0.25) is 15.9 Å². The van der Waals surface area contributed by atoms with E-state index >= 15 is 0 Å². The first-order valence-corrected chi connectivity index (χ1v) is 11.0. The van der Waals surface area contributed by atoms with Crippen LogP contribution in [0.15, 0.2) is 65.6 Å². The lowest BCUT2D eigenvalue weighted by atomic mass is 9.97. The lowest BCUT2D eigenvalue weighted by Gasteiger charge is -2.30. The average Bonchev–Trinajstić information content (AvgIpc) is 2.76. The van der Waals surface area contributed by atoms with Gasteiger partial charge in [-0.2, -0.15) is 4.31 Å². The van der Waals surface area contributed by atoms with Crippen LogP contribution in [0.3, 0.4) is 0 Å². The van der Waals surface area contributed by atoms with Crippen molar-refractivity contribution in [1.29, 1.82) is 0 Å². The summed E-state index contributed by atoms with van der Waals surface area (Å²) in [6.07, 6.45) is 0.693. The molecule has 156 valence electrons. The summed E-state index contributed by atoms with van der Waals surface area (Å²) in [7, 11) is -3.94. The molecule has 1 fully saturated rings. The Kier molecular flexibility index (Phi) is 5.53. The summed E-state index contributed by atoms with van der Waals surface area (Å²) < 4.78 is 53.2. The predicted octanol–water partition coefficient (Wildman–Crippen LogP) is 4.16. The number of amides is 1. The Morgan fingerprint density at radius 1 is 0.933 bits per heavy atom. The zero-order valence-electron chi connectivity index (χ0n) is 16.0. The van der Waals surface area contributed by atoms with Gasteiger partial charge in [0.05, 0.1) is 4.90 Å². The van der Waals surface area contributed by atoms with Crippen LogP contribution in [0.4, 0.5) is 14.5 Å². The highest BCUT2D eigenvalue weighted by Gasteiger charge is 2.32. The van der Waals surface area contributed by atoms with E-state index in [4.69, 9.17) is 0 Å². The van der Waals surface area contributed by atoms with Gasteiger partial charge in [-0.25, -0.2) is 17.2 Å². The molecule has 4 rings (SSSR count). The van der Waals surface area contributed by atoms with Gasteiger partial charge in [-0.3, -0.25) is 4.79 Å². The van der Waals surface area contributed by atoms with E-state index in [2.05, 4.69) is 5.32 Å². The van der Waals surface area contributed by atoms with E-state index in [-0.39, 0.29) is 29.8 Å². The van der Waals surface area contributed by atoms with Crippen molar-refractivity contribution in [2.45, 2.75) is 17.7 Å². The Labute approximate surface area is 173 Å². The van der Waals surface area contributed by atoms with E-state index < -0.39 is 21.7 Å². The fraction of sp³-hybridized carbons (Fsp3) is 0.227. The van der Waals surface area contributed by atoms with E-state index in [9.17, 15) is 22.0 Å². The molecule has 1 heterocycles. The molecule has 8 heteroatoms. The Morgan fingerprint density at radius 2 is 1.63 bits per heavy atom. The predicted molar refractivity (Wildman–Crippen MR) is 110 cm³/mol. The molecule has 0 aromatic heterocycles. The topological polar surface area (TPSA) is 66.5 Å². The van der Waals surface area contributed by atoms with E-state index in [1.807, 2.05) is 42.5 Å². The maximum atomic E-state index is 13.5. The van der Waals surface area contributed by atoms with Gasteiger partial charge in [-0.1, -0.05) is 36.4 Å². The lowest BCUT2D eigenvalue weighted by Crippen LogP contribution is -2.41. The number of hydrogen-bond acceptors (Lipinski definition) is 3. The Hall–Kier alpha value is -2.84. The van der Waals surface area contributed by atoms with Crippen LogP contribution in [0, 0.1) is 17.6 Å². The molecule has 3 aromatic rings. The first-order valence-electron chi connectivity index (χ1n) is 9.60. The van der Waals surface area contributed by atoms with Crippen LogP contribution in [-0.4, -0.2) is 31.7 Å². The van der Waals surface area contributed by atoms with Crippen LogP contribution in [-0.2, 0) is 14.8 Å². The van der Waals surface area contributed by atoms with Gasteiger partial charge >= 0.3 is 0 Å². The number of fused-ring (bicyclic) bond motifs is 1. The Morgan fingerprint density at radius 3 is 2.37 bits per heavy atom. The molecule has 0 radical (unpaired) electrons. The first kappa shape index (κ1) is 20.4. The second-order valence-electron chi connectivity index (χ2n) is 7.27. The highest BCUT2D eigenvalue weighted by Crippen LogP contribution is 2.28. The summed E-state index contributed by atoms with van der Waals surface area (Å²) in [5.41, 5.74) is 0.718. The Bertz CT molecular complexity index is 1200. The third kappa shape index (κ3) is 3.93. The van der Waals surface area contributed by atoms with Crippen LogP contribution in [0.5, 0.6) is 0 Å². The molecular weight excluding hydrogens is 410 g/mol. The fourth-order valence-electron chi connectivity index (χ4n) is 3.71. The van der Waals surface area contributed by atoms with Gasteiger partial charge in [0.15, 0.2) is 11.6 Å². The summed E-state index contributed by atoms with van der Waals surface area (Å²) in [4.78, 5) is 12.5. The fourth-order valence-corrected chi connectivity index (χ4v) is 5.20. The smallest absolute Gasteiger partial charge is 0.243 e. The number of sulfonamides is 1. The number of hydrogen-bond donors (Lipinski definition) is 1. The van der Waals surface area contributed by atoms with Crippen molar-refractivity contribution in [2.24, 2.45) is 5.92 Å². The minimum atomic E-state index is -3.94. The zero-order chi connectivity index (χ0) is 21.3. The molecule has 3 aromatic carbocycles. The number of benzene rings is 3. The molecule has 0 unspecified atom stereocenters. The molecule has 1 aliphatic rings. The standard InChI is InChI=1S/C22H20F2N2O3S/c23-19-9-8-17(14-20(19)24)30(28,29)26-12-10-16(11-13-26)22(27)25-21-7-3-5-15-4-1-2-6-18(15)21/h1-9,14,16H,10-13H2,(H,25,27). The molecule has 1 saturated heterocycles. The maximum absolute atomic E-state index is 13.5. The molecule has 0 spiro atoms. The summed E-state index contributed by atoms with van der Waals surface area (Å²) in [6, 6.07) is 15.9. The van der Waals surface area contributed by atoms with Gasteiger partial charge in [-0.05, 0) is 42.5 Å². The van der Waals surface area contributed by atoms with E-state index in [1.165, 1.54) is 4.31 Å². The van der Waals surface area contributed by atoms with Crippen LogP contribution < -0.4 is 5.32 Å². The molecule has 0 aliphatic carbocycles. The molecule has 1 aliphatic heterocycles. The van der Waals surface area contributed by atoms with E-state index in [0.717, 1.165) is 28.6 Å². The van der Waals surface area contributed by atoms with Gasteiger partial charge in [0.25, 0.3) is 0 Å². The highest BCUT2D eigenvalue weighted by molar-refractivity contribution is 7.89. The van der Waals surface area contributed by atoms with Crippen molar-refractivity contribution in [3.63, 3.8) is 0 Å². The second-order valence-corrected chi connectivity index (χ2v) is 9.21. The number of carbonyl (C=O) groups excluding carboxylic acids is 1. The molecule has 1 N–H and O–H groups in total. The van der Waals surface area contributed by atoms with Crippen molar-refractivity contribution >= 4 is 32.4 Å². The van der Waals surface area contributed by atoms with Crippen molar-refractivity contribution in [2.75, 3.05) is 18.4 Å². The molecule has 0 atom stereocenters. The minimum absolute atomic E-state index is 0.134. The molecule has 1 amide bonds. The molecule has 30 heavy (non-hydrogen) atoms. The number of anilines is 1. The zero-order valence-corrected chi connectivity index (χ0v) is 16.8. The van der Waals surface area contributed by atoms with Crippen LogP contribution in [0.25, 0.3) is 10.8 Å². The SMILES string of the molecule is O=C(Nc1cccc2ccccc12)C1CCN(S(=O)(=O)c2ccc(F)c(F)c2)CC1. The number of nitrogens with one attached hydrogen (secondary N) is 1. The second kappa shape index (κ2) is 8.12. The number of carbonyl (C=O) groups is 1. The van der Waals surface area contributed by atoms with Crippen molar-refractivity contribution in [3.05, 3.63) is 72.3 Å². The molecule has 0 bridgehead atoms. The Balaban J connectivity index is 1.43. The number of piperidine rings is 1. The number of nitrogens with zero attached hydrogens (tertiary/aromatic N) is 1. The van der Waals surface area contributed by atoms with Crippen LogP contribution in [0.2, 0.25) is 0 Å². The van der Waals surface area contributed by atoms with Crippen LogP contribution >= 0.6 is 0 Å². The van der Waals surface area contributed by atoms with E-state index in [0.29, 0.717) is 18.9 Å². The average molecular weight is 430 g/mol. The number of rotatable bonds is 4. The normalized spacial score (nSPS) is 15.9. The van der Waals surface area contributed by atoms with Gasteiger partial charge < -0.3 is 5.32 Å². The summed E-state index contributed by atoms with van der Waals surface area (Å²) in [6.45, 7) is 0.268. The largest absolute Gasteiger partial charge is 0.325 e. The monoisotopic (exact) mass is 430 g/mol.